The van der Waals surface area contributed by atoms with E-state index in [1.807, 2.05) is 18.2 Å². The molecule has 1 aliphatic heterocycles. The highest BCUT2D eigenvalue weighted by atomic mass is 16.5. The second-order valence-corrected chi connectivity index (χ2v) is 4.27. The molecule has 98 valence electrons. The minimum absolute atomic E-state index is 0.675. The summed E-state index contributed by atoms with van der Waals surface area (Å²) in [5.41, 5.74) is 2.64. The van der Waals surface area contributed by atoms with E-state index < -0.39 is 0 Å². The summed E-state index contributed by atoms with van der Waals surface area (Å²) in [7, 11) is 3.24. The van der Waals surface area contributed by atoms with Crippen molar-refractivity contribution in [3.8, 4) is 11.5 Å². The molecule has 2 aromatic rings. The molecule has 0 atom stereocenters. The van der Waals surface area contributed by atoms with Crippen LogP contribution in [0.25, 0.3) is 11.0 Å². The smallest absolute Gasteiger partial charge is 0.163 e. The number of aromatic amines is 1. The third-order valence-corrected chi connectivity index (χ3v) is 3.08. The first-order valence-corrected chi connectivity index (χ1v) is 6.15. The highest BCUT2D eigenvalue weighted by molar-refractivity contribution is 6.08. The van der Waals surface area contributed by atoms with E-state index in [9.17, 15) is 0 Å². The molecule has 1 aliphatic rings. The van der Waals surface area contributed by atoms with Gasteiger partial charge in [0.25, 0.3) is 0 Å². The van der Waals surface area contributed by atoms with Crippen molar-refractivity contribution < 1.29 is 9.47 Å². The van der Waals surface area contributed by atoms with Crippen LogP contribution in [0.15, 0.2) is 29.3 Å². The maximum absolute atomic E-state index is 5.28. The van der Waals surface area contributed by atoms with Crippen LogP contribution >= 0.6 is 0 Å². The molecule has 5 nitrogen and oxygen atoms in total. The van der Waals surface area contributed by atoms with Gasteiger partial charge in [-0.05, 0) is 12.5 Å². The van der Waals surface area contributed by atoms with Crippen molar-refractivity contribution in [2.24, 2.45) is 4.99 Å². The van der Waals surface area contributed by atoms with Crippen LogP contribution in [0.1, 0.15) is 12.2 Å². The number of hydrogen-bond acceptors (Lipinski definition) is 4. The van der Waals surface area contributed by atoms with Crippen LogP contribution in [0.4, 0.5) is 0 Å². The number of rotatable bonds is 3. The minimum Gasteiger partial charge on any atom is -0.493 e. The molecule has 0 saturated heterocycles. The maximum atomic E-state index is 5.28. The third kappa shape index (κ3) is 2.07. The summed E-state index contributed by atoms with van der Waals surface area (Å²) in [5.74, 6) is 2.14. The van der Waals surface area contributed by atoms with Crippen LogP contribution in [0.3, 0.4) is 0 Å². The SMILES string of the molecule is COc1cc2nc(C3=NCCC=C3)[nH]c2cc1OC. The van der Waals surface area contributed by atoms with Crippen molar-refractivity contribution in [1.82, 2.24) is 9.97 Å². The van der Waals surface area contributed by atoms with E-state index in [4.69, 9.17) is 9.47 Å². The van der Waals surface area contributed by atoms with Gasteiger partial charge >= 0.3 is 0 Å². The summed E-state index contributed by atoms with van der Waals surface area (Å²) in [6, 6.07) is 3.75. The zero-order valence-corrected chi connectivity index (χ0v) is 10.9. The Morgan fingerprint density at radius 1 is 1.16 bits per heavy atom. The number of H-pyrrole nitrogens is 1. The molecule has 0 unspecified atom stereocenters. The molecular formula is C14H15N3O2. The Balaban J connectivity index is 2.10. The van der Waals surface area contributed by atoms with E-state index in [2.05, 4.69) is 21.0 Å². The fourth-order valence-corrected chi connectivity index (χ4v) is 2.12. The molecule has 0 fully saturated rings. The highest BCUT2D eigenvalue weighted by Gasteiger charge is 2.12. The second kappa shape index (κ2) is 4.76. The fourth-order valence-electron chi connectivity index (χ4n) is 2.12. The standard InChI is InChI=1S/C14H15N3O2/c1-18-12-7-10-11(8-13(12)19-2)17-14(16-10)9-5-3-4-6-15-9/h3,5,7-8H,4,6H2,1-2H3,(H,16,17). The molecule has 0 bridgehead atoms. The zero-order valence-electron chi connectivity index (χ0n) is 10.9. The van der Waals surface area contributed by atoms with Crippen LogP contribution < -0.4 is 9.47 Å². The van der Waals surface area contributed by atoms with Gasteiger partial charge in [0.15, 0.2) is 17.3 Å². The Bertz CT molecular complexity index is 630. The summed E-state index contributed by atoms with van der Waals surface area (Å²) in [6.45, 7) is 0.815. The molecule has 1 aromatic heterocycles. The van der Waals surface area contributed by atoms with Gasteiger partial charge in [0, 0.05) is 18.7 Å². The van der Waals surface area contributed by atoms with Crippen LogP contribution in [0.5, 0.6) is 11.5 Å². The topological polar surface area (TPSA) is 59.5 Å². The molecule has 1 aromatic carbocycles. The number of allylic oxidation sites excluding steroid dienone is 1. The molecule has 2 heterocycles. The average Bonchev–Trinajstić information content (AvgIpc) is 2.89. The lowest BCUT2D eigenvalue weighted by Gasteiger charge is -2.06. The number of fused-ring (bicyclic) bond motifs is 1. The van der Waals surface area contributed by atoms with Crippen LogP contribution in [0, 0.1) is 0 Å². The van der Waals surface area contributed by atoms with E-state index in [1.165, 1.54) is 0 Å². The quantitative estimate of drug-likeness (QED) is 0.918. The summed E-state index contributed by atoms with van der Waals surface area (Å²) < 4.78 is 10.6. The van der Waals surface area contributed by atoms with Crippen molar-refractivity contribution in [3.05, 3.63) is 30.1 Å². The molecule has 5 heteroatoms. The van der Waals surface area contributed by atoms with Gasteiger partial charge in [-0.1, -0.05) is 6.08 Å². The van der Waals surface area contributed by atoms with Crippen molar-refractivity contribution in [1.29, 1.82) is 0 Å². The normalized spacial score (nSPS) is 14.5. The van der Waals surface area contributed by atoms with E-state index in [-0.39, 0.29) is 0 Å². The summed E-state index contributed by atoms with van der Waals surface area (Å²) in [5, 5.41) is 0. The number of methoxy groups -OCH3 is 2. The molecular weight excluding hydrogens is 242 g/mol. The van der Waals surface area contributed by atoms with Crippen LogP contribution in [0.2, 0.25) is 0 Å². The van der Waals surface area contributed by atoms with E-state index in [0.717, 1.165) is 35.5 Å². The number of benzene rings is 1. The Kier molecular flexibility index (Phi) is 2.95. The van der Waals surface area contributed by atoms with Gasteiger partial charge in [0.2, 0.25) is 0 Å². The molecule has 0 spiro atoms. The lowest BCUT2D eigenvalue weighted by Crippen LogP contribution is -2.04. The third-order valence-electron chi connectivity index (χ3n) is 3.08. The lowest BCUT2D eigenvalue weighted by molar-refractivity contribution is 0.356. The van der Waals surface area contributed by atoms with Gasteiger partial charge in [-0.25, -0.2) is 4.98 Å². The first-order valence-electron chi connectivity index (χ1n) is 6.15. The number of nitrogens with zero attached hydrogens (tertiary/aromatic N) is 2. The van der Waals surface area contributed by atoms with Gasteiger partial charge in [0.05, 0.1) is 31.0 Å². The average molecular weight is 257 g/mol. The summed E-state index contributed by atoms with van der Waals surface area (Å²) in [4.78, 5) is 12.3. The van der Waals surface area contributed by atoms with E-state index in [1.54, 1.807) is 14.2 Å². The first kappa shape index (κ1) is 11.8. The second-order valence-electron chi connectivity index (χ2n) is 4.27. The predicted octanol–water partition coefficient (Wildman–Crippen LogP) is 2.33. The minimum atomic E-state index is 0.675. The van der Waals surface area contributed by atoms with Crippen LogP contribution in [-0.2, 0) is 0 Å². The largest absolute Gasteiger partial charge is 0.493 e. The Morgan fingerprint density at radius 2 is 1.95 bits per heavy atom. The molecule has 19 heavy (non-hydrogen) atoms. The van der Waals surface area contributed by atoms with E-state index in [0.29, 0.717) is 11.5 Å². The number of imidazole rings is 1. The number of dihydropyridines is 1. The van der Waals surface area contributed by atoms with Crippen molar-refractivity contribution in [3.63, 3.8) is 0 Å². The number of hydrogen-bond donors (Lipinski definition) is 1. The van der Waals surface area contributed by atoms with Gasteiger partial charge in [-0.2, -0.15) is 0 Å². The number of nitrogens with one attached hydrogen (secondary N) is 1. The van der Waals surface area contributed by atoms with Crippen LogP contribution in [-0.4, -0.2) is 36.4 Å². The van der Waals surface area contributed by atoms with Gasteiger partial charge in [-0.3, -0.25) is 4.99 Å². The fraction of sp³-hybridized carbons (Fsp3) is 0.286. The molecule has 0 aliphatic carbocycles. The number of aliphatic imine (C=N–C) groups is 1. The Morgan fingerprint density at radius 3 is 2.63 bits per heavy atom. The maximum Gasteiger partial charge on any atom is 0.163 e. The summed E-state index contributed by atoms with van der Waals surface area (Å²) >= 11 is 0. The lowest BCUT2D eigenvalue weighted by atomic mass is 10.2. The predicted molar refractivity (Wildman–Crippen MR) is 74.4 cm³/mol. The summed E-state index contributed by atoms with van der Waals surface area (Å²) in [6.07, 6.45) is 5.09. The number of ether oxygens (including phenoxy) is 2. The highest BCUT2D eigenvalue weighted by Crippen LogP contribution is 2.31. The van der Waals surface area contributed by atoms with Crippen molar-refractivity contribution in [2.45, 2.75) is 6.42 Å². The van der Waals surface area contributed by atoms with Crippen molar-refractivity contribution >= 4 is 16.7 Å². The Hall–Kier alpha value is -2.30. The molecule has 0 radical (unpaired) electrons. The van der Waals surface area contributed by atoms with Gasteiger partial charge in [-0.15, -0.1) is 0 Å². The van der Waals surface area contributed by atoms with Crippen molar-refractivity contribution in [2.75, 3.05) is 20.8 Å². The monoisotopic (exact) mass is 257 g/mol. The molecule has 3 rings (SSSR count). The first-order chi connectivity index (χ1) is 9.31. The zero-order chi connectivity index (χ0) is 13.2. The van der Waals surface area contributed by atoms with Gasteiger partial charge in [0.1, 0.15) is 0 Å². The van der Waals surface area contributed by atoms with E-state index >= 15 is 0 Å². The number of aromatic nitrogens is 2. The molecule has 0 amide bonds. The van der Waals surface area contributed by atoms with Gasteiger partial charge < -0.3 is 14.5 Å². The molecule has 0 saturated carbocycles. The molecule has 1 N–H and O–H groups in total. The Labute approximate surface area is 111 Å².